The summed E-state index contributed by atoms with van der Waals surface area (Å²) in [4.78, 5) is 30.4. The second-order valence-corrected chi connectivity index (χ2v) is 6.92. The molecule has 3 rings (SSSR count). The summed E-state index contributed by atoms with van der Waals surface area (Å²) in [7, 11) is 0. The fraction of sp³-hybridized carbons (Fsp3) is 0.353. The summed E-state index contributed by atoms with van der Waals surface area (Å²) in [6, 6.07) is 6.06. The molecule has 1 fully saturated rings. The molecule has 0 radical (unpaired) electrons. The van der Waals surface area contributed by atoms with E-state index in [0.29, 0.717) is 17.2 Å². The SMILES string of the molecule is CC(C)N1C[C@H](C(=O)Nc2scnc2-c2ccc(F)cc2)CC1=O. The molecule has 7 heteroatoms. The van der Waals surface area contributed by atoms with Gasteiger partial charge in [0.25, 0.3) is 0 Å². The van der Waals surface area contributed by atoms with Crippen molar-refractivity contribution in [2.45, 2.75) is 26.3 Å². The smallest absolute Gasteiger partial charge is 0.230 e. The number of hydrogen-bond acceptors (Lipinski definition) is 4. The number of aromatic nitrogens is 1. The van der Waals surface area contributed by atoms with Gasteiger partial charge in [-0.05, 0) is 38.1 Å². The van der Waals surface area contributed by atoms with E-state index in [-0.39, 0.29) is 36.0 Å². The largest absolute Gasteiger partial charge is 0.339 e. The Bertz CT molecular complexity index is 757. The van der Waals surface area contributed by atoms with Crippen LogP contribution >= 0.6 is 11.3 Å². The Morgan fingerprint density at radius 3 is 2.71 bits per heavy atom. The van der Waals surface area contributed by atoms with Gasteiger partial charge >= 0.3 is 0 Å². The minimum absolute atomic E-state index is 0.00760. The van der Waals surface area contributed by atoms with Crippen LogP contribution < -0.4 is 5.32 Å². The Morgan fingerprint density at radius 1 is 1.38 bits per heavy atom. The maximum absolute atomic E-state index is 13.1. The summed E-state index contributed by atoms with van der Waals surface area (Å²) in [5.41, 5.74) is 2.98. The molecule has 5 nitrogen and oxygen atoms in total. The second-order valence-electron chi connectivity index (χ2n) is 6.07. The number of benzene rings is 1. The first-order valence-electron chi connectivity index (χ1n) is 7.75. The van der Waals surface area contributed by atoms with Gasteiger partial charge in [-0.15, -0.1) is 11.3 Å². The molecule has 0 spiro atoms. The van der Waals surface area contributed by atoms with Crippen molar-refractivity contribution in [1.29, 1.82) is 0 Å². The first-order valence-corrected chi connectivity index (χ1v) is 8.63. The third-order valence-corrected chi connectivity index (χ3v) is 4.82. The van der Waals surface area contributed by atoms with Crippen LogP contribution in [0.1, 0.15) is 20.3 Å². The summed E-state index contributed by atoms with van der Waals surface area (Å²) < 4.78 is 13.1. The van der Waals surface area contributed by atoms with Crippen LogP contribution in [0.2, 0.25) is 0 Å². The summed E-state index contributed by atoms with van der Waals surface area (Å²) in [5, 5.41) is 3.48. The van der Waals surface area contributed by atoms with E-state index < -0.39 is 0 Å². The number of amides is 2. The molecular weight excluding hydrogens is 329 g/mol. The zero-order valence-corrected chi connectivity index (χ0v) is 14.3. The highest BCUT2D eigenvalue weighted by molar-refractivity contribution is 7.14. The predicted molar refractivity (Wildman–Crippen MR) is 91.1 cm³/mol. The van der Waals surface area contributed by atoms with Crippen molar-refractivity contribution in [2.24, 2.45) is 5.92 Å². The van der Waals surface area contributed by atoms with Crippen LogP contribution in [0.25, 0.3) is 11.3 Å². The van der Waals surface area contributed by atoms with Gasteiger partial charge in [-0.2, -0.15) is 0 Å². The maximum atomic E-state index is 13.1. The molecule has 126 valence electrons. The molecule has 1 atom stereocenters. The van der Waals surface area contributed by atoms with Crippen LogP contribution in [-0.4, -0.2) is 34.3 Å². The van der Waals surface area contributed by atoms with Crippen molar-refractivity contribution < 1.29 is 14.0 Å². The van der Waals surface area contributed by atoms with E-state index in [2.05, 4.69) is 10.3 Å². The summed E-state index contributed by atoms with van der Waals surface area (Å²) >= 11 is 1.31. The Balaban J connectivity index is 1.73. The van der Waals surface area contributed by atoms with Crippen LogP contribution in [0.3, 0.4) is 0 Å². The molecule has 0 bridgehead atoms. The first-order chi connectivity index (χ1) is 11.5. The number of likely N-dealkylation sites (tertiary alicyclic amines) is 1. The van der Waals surface area contributed by atoms with Gasteiger partial charge < -0.3 is 10.2 Å². The van der Waals surface area contributed by atoms with Gasteiger partial charge in [-0.1, -0.05) is 0 Å². The molecule has 1 aliphatic rings. The van der Waals surface area contributed by atoms with E-state index in [9.17, 15) is 14.0 Å². The van der Waals surface area contributed by atoms with E-state index in [4.69, 9.17) is 0 Å². The zero-order chi connectivity index (χ0) is 17.3. The number of rotatable bonds is 4. The van der Waals surface area contributed by atoms with Crippen molar-refractivity contribution >= 4 is 28.2 Å². The highest BCUT2D eigenvalue weighted by Crippen LogP contribution is 2.31. The maximum Gasteiger partial charge on any atom is 0.230 e. The predicted octanol–water partition coefficient (Wildman–Crippen LogP) is 3.14. The molecule has 1 aliphatic heterocycles. The van der Waals surface area contributed by atoms with Gasteiger partial charge in [0.1, 0.15) is 16.5 Å². The Labute approximate surface area is 143 Å². The molecule has 1 aromatic carbocycles. The first kappa shape index (κ1) is 16.6. The van der Waals surface area contributed by atoms with Gasteiger partial charge in [-0.25, -0.2) is 9.37 Å². The molecule has 2 amide bonds. The fourth-order valence-electron chi connectivity index (χ4n) is 2.77. The third-order valence-electron chi connectivity index (χ3n) is 4.07. The van der Waals surface area contributed by atoms with Crippen molar-refractivity contribution in [3.8, 4) is 11.3 Å². The van der Waals surface area contributed by atoms with Crippen LogP contribution in [0.4, 0.5) is 9.39 Å². The lowest BCUT2D eigenvalue weighted by Gasteiger charge is -2.20. The molecule has 24 heavy (non-hydrogen) atoms. The van der Waals surface area contributed by atoms with Gasteiger partial charge in [0, 0.05) is 24.6 Å². The minimum atomic E-state index is -0.358. The fourth-order valence-corrected chi connectivity index (χ4v) is 3.47. The quantitative estimate of drug-likeness (QED) is 0.924. The number of carbonyl (C=O) groups is 2. The van der Waals surface area contributed by atoms with Gasteiger partial charge in [0.05, 0.1) is 11.4 Å². The number of thiazole rings is 1. The highest BCUT2D eigenvalue weighted by Gasteiger charge is 2.35. The Kier molecular flexibility index (Phi) is 4.62. The van der Waals surface area contributed by atoms with Crippen LogP contribution in [0.5, 0.6) is 0 Å². The van der Waals surface area contributed by atoms with Crippen molar-refractivity contribution in [3.63, 3.8) is 0 Å². The molecule has 1 saturated heterocycles. The lowest BCUT2D eigenvalue weighted by atomic mass is 10.1. The molecule has 2 aromatic rings. The average Bonchev–Trinajstić information content (AvgIpc) is 3.15. The third kappa shape index (κ3) is 3.31. The number of halogens is 1. The van der Waals surface area contributed by atoms with Crippen LogP contribution in [0, 0.1) is 11.7 Å². The van der Waals surface area contributed by atoms with Gasteiger partial charge in [0.15, 0.2) is 0 Å². The van der Waals surface area contributed by atoms with E-state index >= 15 is 0 Å². The molecule has 0 unspecified atom stereocenters. The molecule has 2 heterocycles. The summed E-state index contributed by atoms with van der Waals surface area (Å²) in [6.07, 6.45) is 0.231. The van der Waals surface area contributed by atoms with Crippen LogP contribution in [-0.2, 0) is 9.59 Å². The second kappa shape index (κ2) is 6.68. The van der Waals surface area contributed by atoms with Crippen molar-refractivity contribution in [2.75, 3.05) is 11.9 Å². The van der Waals surface area contributed by atoms with Gasteiger partial charge in [-0.3, -0.25) is 9.59 Å². The standard InChI is InChI=1S/C17H18FN3O2S/c1-10(2)21-8-12(7-14(21)22)16(23)20-17-15(19-9-24-17)11-3-5-13(18)6-4-11/h3-6,9-10,12H,7-8H2,1-2H3,(H,20,23)/t12-/m1/s1. The summed E-state index contributed by atoms with van der Waals surface area (Å²) in [6.45, 7) is 4.31. The van der Waals surface area contributed by atoms with Crippen LogP contribution in [0.15, 0.2) is 29.8 Å². The lowest BCUT2D eigenvalue weighted by molar-refractivity contribution is -0.129. The van der Waals surface area contributed by atoms with E-state index in [1.165, 1.54) is 23.5 Å². The van der Waals surface area contributed by atoms with Gasteiger partial charge in [0.2, 0.25) is 11.8 Å². The molecular formula is C17H18FN3O2S. The van der Waals surface area contributed by atoms with E-state index in [0.717, 1.165) is 5.56 Å². The van der Waals surface area contributed by atoms with Crippen molar-refractivity contribution in [3.05, 3.63) is 35.6 Å². The molecule has 0 saturated carbocycles. The topological polar surface area (TPSA) is 62.3 Å². The molecule has 1 aromatic heterocycles. The lowest BCUT2D eigenvalue weighted by Crippen LogP contribution is -2.33. The number of nitrogens with one attached hydrogen (secondary N) is 1. The number of nitrogens with zero attached hydrogens (tertiary/aromatic N) is 2. The van der Waals surface area contributed by atoms with E-state index in [1.54, 1.807) is 22.5 Å². The average molecular weight is 347 g/mol. The monoisotopic (exact) mass is 347 g/mol. The highest BCUT2D eigenvalue weighted by atomic mass is 32.1. The normalized spacial score (nSPS) is 17.6. The molecule has 1 N–H and O–H groups in total. The van der Waals surface area contributed by atoms with E-state index in [1.807, 2.05) is 13.8 Å². The Morgan fingerprint density at radius 2 is 2.08 bits per heavy atom. The van der Waals surface area contributed by atoms with Crippen molar-refractivity contribution in [1.82, 2.24) is 9.88 Å². The number of carbonyl (C=O) groups excluding carboxylic acids is 2. The number of hydrogen-bond donors (Lipinski definition) is 1. The summed E-state index contributed by atoms with van der Waals surface area (Å²) in [5.74, 6) is -0.854. The number of anilines is 1. The minimum Gasteiger partial charge on any atom is -0.339 e. The zero-order valence-electron chi connectivity index (χ0n) is 13.5. The molecule has 0 aliphatic carbocycles. The Hall–Kier alpha value is -2.28.